The molecule has 138 valence electrons. The van der Waals surface area contributed by atoms with Gasteiger partial charge in [-0.1, -0.05) is 23.7 Å². The number of aryl methyl sites for hydroxylation is 1. The number of aromatic nitrogens is 2. The Balaban J connectivity index is 1.82. The topological polar surface area (TPSA) is 76.1 Å². The number of halogens is 2. The maximum Gasteiger partial charge on any atom is 0.274 e. The summed E-state index contributed by atoms with van der Waals surface area (Å²) in [4.78, 5) is 20.8. The van der Waals surface area contributed by atoms with Crippen LogP contribution in [0.15, 0.2) is 48.5 Å². The van der Waals surface area contributed by atoms with Crippen LogP contribution < -0.4 is 15.4 Å². The van der Waals surface area contributed by atoms with Crippen LogP contribution in [-0.2, 0) is 0 Å². The molecule has 0 bridgehead atoms. The molecule has 27 heavy (non-hydrogen) atoms. The molecule has 0 aliphatic carbocycles. The third kappa shape index (κ3) is 4.51. The third-order valence-electron chi connectivity index (χ3n) is 3.62. The number of anilines is 3. The van der Waals surface area contributed by atoms with Crippen molar-refractivity contribution in [3.63, 3.8) is 0 Å². The SMILES string of the molecule is COc1ccc(Nc2cc(C(=O)Nc3ccccc3F)nc(C)n2)cc1Cl. The number of benzene rings is 2. The Bertz CT molecular complexity index is 997. The predicted molar refractivity (Wildman–Crippen MR) is 102 cm³/mol. The monoisotopic (exact) mass is 386 g/mol. The number of rotatable bonds is 5. The largest absolute Gasteiger partial charge is 0.495 e. The van der Waals surface area contributed by atoms with Crippen LogP contribution in [0.5, 0.6) is 5.75 Å². The van der Waals surface area contributed by atoms with E-state index in [-0.39, 0.29) is 11.4 Å². The molecule has 8 heteroatoms. The second kappa shape index (κ2) is 8.01. The fourth-order valence-corrected chi connectivity index (χ4v) is 2.65. The Hall–Kier alpha value is -3.19. The summed E-state index contributed by atoms with van der Waals surface area (Å²) in [5, 5.41) is 6.00. The Morgan fingerprint density at radius 3 is 2.63 bits per heavy atom. The maximum atomic E-state index is 13.7. The fourth-order valence-electron chi connectivity index (χ4n) is 2.39. The average molecular weight is 387 g/mol. The molecular formula is C19H16ClFN4O2. The zero-order valence-corrected chi connectivity index (χ0v) is 15.3. The highest BCUT2D eigenvalue weighted by Gasteiger charge is 2.13. The molecule has 2 aromatic carbocycles. The number of amides is 1. The highest BCUT2D eigenvalue weighted by atomic mass is 35.5. The van der Waals surface area contributed by atoms with Crippen LogP contribution in [0.3, 0.4) is 0 Å². The number of hydrogen-bond donors (Lipinski definition) is 2. The van der Waals surface area contributed by atoms with Gasteiger partial charge in [0.05, 0.1) is 17.8 Å². The number of para-hydroxylation sites is 1. The molecule has 0 spiro atoms. The smallest absolute Gasteiger partial charge is 0.274 e. The van der Waals surface area contributed by atoms with Gasteiger partial charge in [-0.15, -0.1) is 0 Å². The van der Waals surface area contributed by atoms with E-state index in [1.807, 2.05) is 0 Å². The molecule has 3 aromatic rings. The molecule has 0 unspecified atom stereocenters. The van der Waals surface area contributed by atoms with Gasteiger partial charge < -0.3 is 15.4 Å². The first-order valence-electron chi connectivity index (χ1n) is 7.98. The summed E-state index contributed by atoms with van der Waals surface area (Å²) in [6.07, 6.45) is 0. The number of carbonyl (C=O) groups is 1. The van der Waals surface area contributed by atoms with Crippen molar-refractivity contribution in [3.8, 4) is 5.75 Å². The van der Waals surface area contributed by atoms with E-state index >= 15 is 0 Å². The second-order valence-electron chi connectivity index (χ2n) is 5.59. The molecular weight excluding hydrogens is 371 g/mol. The first kappa shape index (κ1) is 18.6. The van der Waals surface area contributed by atoms with Crippen molar-refractivity contribution < 1.29 is 13.9 Å². The minimum Gasteiger partial charge on any atom is -0.495 e. The standard InChI is InChI=1S/C19H16ClFN4O2/c1-11-22-16(19(26)25-15-6-4-3-5-14(15)21)10-18(23-11)24-12-7-8-17(27-2)13(20)9-12/h3-10H,1-2H3,(H,25,26)(H,22,23,24). The molecule has 0 aliphatic heterocycles. The zero-order chi connectivity index (χ0) is 19.4. The molecule has 1 aromatic heterocycles. The van der Waals surface area contributed by atoms with Crippen molar-refractivity contribution in [2.45, 2.75) is 6.92 Å². The molecule has 0 aliphatic rings. The summed E-state index contributed by atoms with van der Waals surface area (Å²) >= 11 is 6.12. The number of methoxy groups -OCH3 is 1. The lowest BCUT2D eigenvalue weighted by Gasteiger charge is -2.11. The first-order chi connectivity index (χ1) is 13.0. The maximum absolute atomic E-state index is 13.7. The van der Waals surface area contributed by atoms with Crippen LogP contribution in [-0.4, -0.2) is 23.0 Å². The second-order valence-corrected chi connectivity index (χ2v) is 6.00. The summed E-state index contributed by atoms with van der Waals surface area (Å²) in [5.74, 6) is 0.274. The van der Waals surface area contributed by atoms with Crippen molar-refractivity contribution in [3.05, 3.63) is 70.9 Å². The molecule has 0 saturated carbocycles. The lowest BCUT2D eigenvalue weighted by atomic mass is 10.2. The van der Waals surface area contributed by atoms with Gasteiger partial charge in [-0.2, -0.15) is 0 Å². The molecule has 0 fully saturated rings. The number of carbonyl (C=O) groups excluding carboxylic acids is 1. The van der Waals surface area contributed by atoms with Crippen molar-refractivity contribution in [1.82, 2.24) is 9.97 Å². The molecule has 1 amide bonds. The van der Waals surface area contributed by atoms with Gasteiger partial charge in [0.1, 0.15) is 28.9 Å². The van der Waals surface area contributed by atoms with E-state index in [9.17, 15) is 9.18 Å². The summed E-state index contributed by atoms with van der Waals surface area (Å²) in [6, 6.07) is 12.5. The quantitative estimate of drug-likeness (QED) is 0.671. The molecule has 0 saturated heterocycles. The van der Waals surface area contributed by atoms with Crippen molar-refractivity contribution >= 4 is 34.7 Å². The van der Waals surface area contributed by atoms with Crippen LogP contribution in [0.25, 0.3) is 0 Å². The molecule has 2 N–H and O–H groups in total. The number of ether oxygens (including phenoxy) is 1. The van der Waals surface area contributed by atoms with Gasteiger partial charge in [0.2, 0.25) is 0 Å². The van der Waals surface area contributed by atoms with Gasteiger partial charge in [0, 0.05) is 11.8 Å². The van der Waals surface area contributed by atoms with Gasteiger partial charge >= 0.3 is 0 Å². The molecule has 0 radical (unpaired) electrons. The van der Waals surface area contributed by atoms with E-state index in [4.69, 9.17) is 16.3 Å². The predicted octanol–water partition coefficient (Wildman–Crippen LogP) is 4.58. The number of nitrogens with one attached hydrogen (secondary N) is 2. The number of nitrogens with zero attached hydrogens (tertiary/aromatic N) is 2. The highest BCUT2D eigenvalue weighted by molar-refractivity contribution is 6.32. The molecule has 1 heterocycles. The third-order valence-corrected chi connectivity index (χ3v) is 3.91. The lowest BCUT2D eigenvalue weighted by molar-refractivity contribution is 0.102. The van der Waals surface area contributed by atoms with E-state index in [0.29, 0.717) is 28.1 Å². The van der Waals surface area contributed by atoms with Gasteiger partial charge in [-0.25, -0.2) is 14.4 Å². The summed E-state index contributed by atoms with van der Waals surface area (Å²) in [6.45, 7) is 1.66. The zero-order valence-electron chi connectivity index (χ0n) is 14.6. The van der Waals surface area contributed by atoms with Crippen LogP contribution in [0, 0.1) is 12.7 Å². The summed E-state index contributed by atoms with van der Waals surface area (Å²) in [5.41, 5.74) is 0.849. The van der Waals surface area contributed by atoms with Gasteiger partial charge in [0.15, 0.2) is 0 Å². The van der Waals surface area contributed by atoms with Crippen LogP contribution in [0.4, 0.5) is 21.6 Å². The summed E-state index contributed by atoms with van der Waals surface area (Å²) < 4.78 is 18.8. The van der Waals surface area contributed by atoms with Crippen molar-refractivity contribution in [2.24, 2.45) is 0 Å². The Labute approximate surface area is 160 Å². The first-order valence-corrected chi connectivity index (χ1v) is 8.36. The Morgan fingerprint density at radius 2 is 1.93 bits per heavy atom. The van der Waals surface area contributed by atoms with Crippen LogP contribution in [0.1, 0.15) is 16.3 Å². The molecule has 6 nitrogen and oxygen atoms in total. The normalized spacial score (nSPS) is 10.4. The van der Waals surface area contributed by atoms with E-state index < -0.39 is 11.7 Å². The molecule has 3 rings (SSSR count). The van der Waals surface area contributed by atoms with E-state index in [1.165, 1.54) is 25.3 Å². The molecule has 0 atom stereocenters. The van der Waals surface area contributed by atoms with Crippen molar-refractivity contribution in [1.29, 1.82) is 0 Å². The van der Waals surface area contributed by atoms with Gasteiger partial charge in [0.25, 0.3) is 5.91 Å². The minimum absolute atomic E-state index is 0.0789. The van der Waals surface area contributed by atoms with Crippen LogP contribution in [0.2, 0.25) is 5.02 Å². The lowest BCUT2D eigenvalue weighted by Crippen LogP contribution is -2.16. The van der Waals surface area contributed by atoms with E-state index in [0.717, 1.165) is 0 Å². The van der Waals surface area contributed by atoms with Gasteiger partial charge in [-0.3, -0.25) is 4.79 Å². The average Bonchev–Trinajstić information content (AvgIpc) is 2.63. The number of hydrogen-bond acceptors (Lipinski definition) is 5. The van der Waals surface area contributed by atoms with Crippen molar-refractivity contribution in [2.75, 3.05) is 17.7 Å². The summed E-state index contributed by atoms with van der Waals surface area (Å²) in [7, 11) is 1.53. The van der Waals surface area contributed by atoms with E-state index in [1.54, 1.807) is 37.3 Å². The van der Waals surface area contributed by atoms with E-state index in [2.05, 4.69) is 20.6 Å². The fraction of sp³-hybridized carbons (Fsp3) is 0.105. The Kier molecular flexibility index (Phi) is 5.52. The Morgan fingerprint density at radius 1 is 1.15 bits per heavy atom. The highest BCUT2D eigenvalue weighted by Crippen LogP contribution is 2.28. The van der Waals surface area contributed by atoms with Gasteiger partial charge in [-0.05, 0) is 37.3 Å². The van der Waals surface area contributed by atoms with Crippen LogP contribution >= 0.6 is 11.6 Å². The minimum atomic E-state index is -0.540.